The van der Waals surface area contributed by atoms with Crippen LogP contribution in [0.15, 0.2) is 42.5 Å². The minimum Gasteiger partial charge on any atom is -0.352 e. The third-order valence-electron chi connectivity index (χ3n) is 18.2. The predicted octanol–water partition coefficient (Wildman–Crippen LogP) is 26.2. The zero-order valence-electron chi connectivity index (χ0n) is 59.2. The number of hydrogen-bond acceptors (Lipinski definition) is 3. The van der Waals surface area contributed by atoms with Crippen LogP contribution in [0.25, 0.3) is 0 Å². The Balaban J connectivity index is 0.00000134. The van der Waals surface area contributed by atoms with Crippen molar-refractivity contribution < 1.29 is 242 Å². The van der Waals surface area contributed by atoms with Crippen LogP contribution in [0.1, 0.15) is 72.1 Å². The third-order valence-corrected chi connectivity index (χ3v) is 25.2. The predicted molar refractivity (Wildman–Crippen MR) is 316 cm³/mol. The zero-order valence-corrected chi connectivity index (χ0v) is 63.5. The first-order valence-electron chi connectivity index (χ1n) is 31.4. The topological polar surface area (TPSA) is 15.7 Å². The minimum atomic E-state index is -9.73. The van der Waals surface area contributed by atoms with Crippen molar-refractivity contribution in [1.82, 2.24) is 0 Å². The maximum atomic E-state index is 15.7. The molecule has 0 bridgehead atoms. The largest absolute Gasteiger partial charge is 0.352 e. The fraction of sp³-hybridized carbons (Fsp3) is 0.689. The summed E-state index contributed by atoms with van der Waals surface area (Å²) in [5.41, 5.74) is 9.64. The van der Waals surface area contributed by atoms with Crippen molar-refractivity contribution in [3.8, 4) is 5.75 Å². The number of anilines is 2. The number of halogens is 53. The molecule has 0 atom stereocenters. The summed E-state index contributed by atoms with van der Waals surface area (Å²) in [6, 6.07) is -3.77. The van der Waals surface area contributed by atoms with Gasteiger partial charge in [-0.05, 0) is 63.8 Å². The molecule has 1 saturated heterocycles. The standard InChI is InChI=1S/C40H23F51OSi.C21H28N2.2ClH.Ru/c1-13(2)92-16-5-4-15(12-14(16)3)93(9-6-17(41,42)20(47,48)23(53,54)26(59,60)29(65,66)32(71,72)35(77,78)38(83,84)85,10-7-18(43,44)21(49,50)24(55,56)27(61,62)30(67,68)33(73,74)36(79,80)39(86,87)88)11-8-19(45,46)22(51,52)25(57,58)28(63,64)31(69,70)34(75,76)37(81,82)40(89,90)91;1-14-9-16(3)20(17(4)10-14)22-7-8-23(13-22)21-18(5)11-15(2)12-19(21)6;;;/h3-5,12-13H,6-11H2,1-2H3;9-12H,7-8,13H2,1-6H3;2*1H;/q;;;;+2/p-2. The van der Waals surface area contributed by atoms with E-state index < -0.39 is 237 Å². The second kappa shape index (κ2) is 32.6. The Morgan fingerprint density at radius 3 is 0.739 bits per heavy atom. The summed E-state index contributed by atoms with van der Waals surface area (Å²) in [6.07, 6.45) is -40.8. The maximum absolute atomic E-state index is 15.7. The van der Waals surface area contributed by atoms with Crippen LogP contribution < -0.4 is 19.7 Å². The van der Waals surface area contributed by atoms with E-state index in [4.69, 9.17) is 24.1 Å². The van der Waals surface area contributed by atoms with E-state index in [0.29, 0.717) is 0 Å². The first-order valence-corrected chi connectivity index (χ1v) is 39.5. The van der Waals surface area contributed by atoms with Gasteiger partial charge in [0.1, 0.15) is 0 Å². The Kier molecular flexibility index (Phi) is 29.6. The van der Waals surface area contributed by atoms with Crippen molar-refractivity contribution in [2.45, 2.75) is 242 Å². The van der Waals surface area contributed by atoms with Crippen LogP contribution >= 0.6 is 19.4 Å². The van der Waals surface area contributed by atoms with Crippen molar-refractivity contribution >= 4 is 48.6 Å². The third kappa shape index (κ3) is 17.6. The Bertz CT molecular complexity index is 3750. The van der Waals surface area contributed by atoms with Gasteiger partial charge < -0.3 is 9.80 Å². The monoisotopic (exact) mass is 2000 g/mol. The summed E-state index contributed by atoms with van der Waals surface area (Å²) in [5, 5.41) is -2.42. The van der Waals surface area contributed by atoms with E-state index in [1.165, 1.54) is 44.8 Å². The van der Waals surface area contributed by atoms with Crippen molar-refractivity contribution in [2.24, 2.45) is 0 Å². The summed E-state index contributed by atoms with van der Waals surface area (Å²) >= 11 is -4.08. The number of rotatable bonds is 33. The summed E-state index contributed by atoms with van der Waals surface area (Å²) in [6.45, 7) is 18.1. The van der Waals surface area contributed by atoms with E-state index in [1.807, 2.05) is 0 Å². The van der Waals surface area contributed by atoms with E-state index in [-0.39, 0.29) is 10.7 Å². The molecule has 1 aliphatic rings. The van der Waals surface area contributed by atoms with Gasteiger partial charge in [0.15, 0.2) is 0 Å². The molecule has 0 aromatic heterocycles. The number of nitrogens with zero attached hydrogens (tertiary/aromatic N) is 2. The summed E-state index contributed by atoms with van der Waals surface area (Å²) in [7, 11) is 3.17. The van der Waals surface area contributed by atoms with Gasteiger partial charge in [0.2, 0.25) is 0 Å². The second-order valence-corrected chi connectivity index (χ2v) is 37.5. The molecule has 0 N–H and O–H groups in total. The fourth-order valence-electron chi connectivity index (χ4n) is 11.8. The molecule has 3 nitrogen and oxygen atoms in total. The van der Waals surface area contributed by atoms with Crippen LogP contribution in [0.4, 0.5) is 235 Å². The summed E-state index contributed by atoms with van der Waals surface area (Å²) in [5.74, 6) is -196. The molecule has 0 aliphatic carbocycles. The van der Waals surface area contributed by atoms with Crippen LogP contribution in [-0.2, 0) is 13.5 Å². The quantitative estimate of drug-likeness (QED) is 0.0446. The molecule has 694 valence electrons. The molecule has 0 saturated carbocycles. The molecular formula is C61H51Cl2F51N2ORuSi. The molecular weight excluding hydrogens is 1950 g/mol. The molecule has 0 unspecified atom stereocenters. The molecule has 119 heavy (non-hydrogen) atoms. The van der Waals surface area contributed by atoms with E-state index in [1.54, 1.807) is 0 Å². The van der Waals surface area contributed by atoms with Gasteiger partial charge in [-0.1, -0.05) is 35.4 Å². The molecule has 58 heteroatoms. The van der Waals surface area contributed by atoms with Crippen molar-refractivity contribution in [3.63, 3.8) is 0 Å². The number of aryl methyl sites for hydroxylation is 6. The van der Waals surface area contributed by atoms with Crippen LogP contribution in [0.5, 0.6) is 5.75 Å². The smallest absolute Gasteiger partial charge is 0.0904 e. The second-order valence-electron chi connectivity index (χ2n) is 27.1. The SMILES string of the molecule is CC(C)Oc1ccc([Si](CCC(F)(F)C(F)(F)C(F)(F)C(F)(F)C(F)(F)C(F)(F)C(F)(F)C(F)(F)F)(CCC(F)(F)C(F)(F)C(F)(F)C(F)(F)C(F)(F)C(F)(F)C(F)(F)C(F)(F)F)CCC(F)(F)C(F)(F)C(F)(F)C(F)(F)C(F)(F)C(F)(F)C(F)(F)C(F)(F)F)cc1[CH]=[Ru]([Cl])[Cl].Cc1cc(C)c(N2CCN(c3c(C)cc(C)cc3C)C2)c(C)c1. The van der Waals surface area contributed by atoms with Gasteiger partial charge in [0.25, 0.3) is 0 Å². The molecule has 4 rings (SSSR count). The Labute approximate surface area is 647 Å². The minimum absolute atomic E-state index is 0.0743. The van der Waals surface area contributed by atoms with Crippen LogP contribution in [0.3, 0.4) is 0 Å². The number of ether oxygens (including phenoxy) is 1. The zero-order chi connectivity index (χ0) is 94.9. The Hall–Kier alpha value is -5.22. The average molecular weight is 2000 g/mol. The van der Waals surface area contributed by atoms with Crippen molar-refractivity contribution in [2.75, 3.05) is 29.6 Å². The summed E-state index contributed by atoms with van der Waals surface area (Å²) in [4.78, 5) is 5.06. The van der Waals surface area contributed by atoms with Gasteiger partial charge in [0, 0.05) is 24.5 Å². The number of hydrogen-bond donors (Lipinski definition) is 0. The average Bonchev–Trinajstić information content (AvgIpc) is 1.13. The fourth-order valence-corrected chi connectivity index (χ4v) is 18.4. The Morgan fingerprint density at radius 1 is 0.328 bits per heavy atom. The molecule has 1 aliphatic heterocycles. The van der Waals surface area contributed by atoms with Gasteiger partial charge in [0.05, 0.1) is 6.67 Å². The Morgan fingerprint density at radius 2 is 0.538 bits per heavy atom. The number of benzene rings is 3. The first kappa shape index (κ1) is 108. The van der Waals surface area contributed by atoms with E-state index in [2.05, 4.69) is 75.6 Å². The van der Waals surface area contributed by atoms with Crippen molar-refractivity contribution in [1.29, 1.82) is 0 Å². The van der Waals surface area contributed by atoms with Crippen LogP contribution in [0.2, 0.25) is 18.1 Å². The first-order chi connectivity index (χ1) is 51.9. The van der Waals surface area contributed by atoms with Gasteiger partial charge in [-0.15, -0.1) is 0 Å². The van der Waals surface area contributed by atoms with Gasteiger partial charge in [-0.2, -0.15) is 119 Å². The van der Waals surface area contributed by atoms with E-state index >= 15 is 52.7 Å². The number of alkyl halides is 51. The molecule has 3 aromatic rings. The molecule has 1 fully saturated rings. The van der Waals surface area contributed by atoms with E-state index in [0.717, 1.165) is 33.6 Å². The molecule has 0 spiro atoms. The van der Waals surface area contributed by atoms with Crippen LogP contribution in [0, 0.1) is 41.5 Å². The molecule has 0 radical (unpaired) electrons. The molecule has 3 aromatic carbocycles. The van der Waals surface area contributed by atoms with Gasteiger partial charge >= 0.3 is 391 Å². The molecule has 0 amide bonds. The van der Waals surface area contributed by atoms with Crippen molar-refractivity contribution in [3.05, 3.63) is 81.4 Å². The van der Waals surface area contributed by atoms with Gasteiger partial charge in [-0.3, -0.25) is 0 Å². The maximum Gasteiger partial charge on any atom is 0.0904 e. The normalized spacial score (nSPS) is 16.2. The molecule has 1 heterocycles. The van der Waals surface area contributed by atoms with Gasteiger partial charge in [-0.25, -0.2) is 0 Å². The van der Waals surface area contributed by atoms with E-state index in [9.17, 15) is 171 Å². The summed E-state index contributed by atoms with van der Waals surface area (Å²) < 4.78 is 731. The van der Waals surface area contributed by atoms with Crippen LogP contribution in [-0.4, -0.2) is 181 Å².